The molecule has 0 aliphatic carbocycles. The first-order valence-corrected chi connectivity index (χ1v) is 6.97. The van der Waals surface area contributed by atoms with Gasteiger partial charge < -0.3 is 10.5 Å². The summed E-state index contributed by atoms with van der Waals surface area (Å²) >= 11 is 0. The molecule has 1 aromatic heterocycles. The van der Waals surface area contributed by atoms with E-state index in [1.807, 2.05) is 30.5 Å². The molecule has 5 nitrogen and oxygen atoms in total. The molecule has 20 heavy (non-hydrogen) atoms. The maximum atomic E-state index is 6.26. The highest BCUT2D eigenvalue weighted by Gasteiger charge is 2.17. The molecule has 1 fully saturated rings. The molecule has 1 aliphatic rings. The normalized spacial score (nSPS) is 15.7. The second-order valence-corrected chi connectivity index (χ2v) is 5.12. The second-order valence-electron chi connectivity index (χ2n) is 5.12. The molecular formula is C15H20N4O. The molecule has 2 aromatic rings. The minimum absolute atomic E-state index is 0.696. The van der Waals surface area contributed by atoms with Crippen molar-refractivity contribution in [1.29, 1.82) is 0 Å². The van der Waals surface area contributed by atoms with Crippen molar-refractivity contribution >= 4 is 5.82 Å². The summed E-state index contributed by atoms with van der Waals surface area (Å²) in [5.41, 5.74) is 8.21. The predicted octanol–water partition coefficient (Wildman–Crippen LogP) is 2.06. The first kappa shape index (κ1) is 13.0. The van der Waals surface area contributed by atoms with Gasteiger partial charge in [0.2, 0.25) is 0 Å². The topological polar surface area (TPSA) is 56.3 Å². The molecule has 0 amide bonds. The lowest BCUT2D eigenvalue weighted by molar-refractivity contribution is 0.332. The molecule has 1 aliphatic heterocycles. The fraction of sp³-hybridized carbons (Fsp3) is 0.400. The molecule has 3 rings (SSSR count). The molecule has 1 saturated heterocycles. The maximum Gasteiger partial charge on any atom is 0.144 e. The number of hydrogen-bond acceptors (Lipinski definition) is 4. The van der Waals surface area contributed by atoms with E-state index in [1.165, 1.54) is 12.8 Å². The van der Waals surface area contributed by atoms with Crippen molar-refractivity contribution in [3.8, 4) is 11.4 Å². The molecule has 1 aromatic carbocycles. The zero-order valence-corrected chi connectivity index (χ0v) is 11.7. The third-order valence-electron chi connectivity index (χ3n) is 3.79. The van der Waals surface area contributed by atoms with Gasteiger partial charge in [0.05, 0.1) is 13.3 Å². The van der Waals surface area contributed by atoms with E-state index in [0.29, 0.717) is 5.82 Å². The Bertz CT molecular complexity index is 587. The molecular weight excluding hydrogens is 252 g/mol. The number of likely N-dealkylation sites (tertiary alicyclic amines) is 1. The quantitative estimate of drug-likeness (QED) is 0.925. The van der Waals surface area contributed by atoms with Crippen molar-refractivity contribution in [3.63, 3.8) is 0 Å². The number of anilines is 1. The Kier molecular flexibility index (Phi) is 3.60. The van der Waals surface area contributed by atoms with Crippen LogP contribution >= 0.6 is 0 Å². The summed E-state index contributed by atoms with van der Waals surface area (Å²) in [5.74, 6) is 1.47. The van der Waals surface area contributed by atoms with Crippen LogP contribution in [-0.2, 0) is 6.54 Å². The van der Waals surface area contributed by atoms with Gasteiger partial charge in [-0.3, -0.25) is 4.90 Å². The SMILES string of the molecule is COc1ccccc1-n1ncc(CN2CCCC2)c1N. The first-order valence-electron chi connectivity index (χ1n) is 6.97. The Morgan fingerprint density at radius 3 is 2.75 bits per heavy atom. The van der Waals surface area contributed by atoms with Gasteiger partial charge in [0.25, 0.3) is 0 Å². The molecule has 0 bridgehead atoms. The van der Waals surface area contributed by atoms with Crippen LogP contribution in [0.1, 0.15) is 18.4 Å². The summed E-state index contributed by atoms with van der Waals surface area (Å²) in [4.78, 5) is 2.42. The second kappa shape index (κ2) is 5.54. The molecule has 0 saturated carbocycles. The lowest BCUT2D eigenvalue weighted by Crippen LogP contribution is -2.19. The van der Waals surface area contributed by atoms with Crippen LogP contribution in [0, 0.1) is 0 Å². The van der Waals surface area contributed by atoms with Crippen LogP contribution in [0.15, 0.2) is 30.5 Å². The lowest BCUT2D eigenvalue weighted by atomic mass is 10.2. The van der Waals surface area contributed by atoms with Crippen molar-refractivity contribution < 1.29 is 4.74 Å². The highest BCUT2D eigenvalue weighted by atomic mass is 16.5. The third kappa shape index (κ3) is 2.36. The van der Waals surface area contributed by atoms with E-state index < -0.39 is 0 Å². The number of nitrogen functional groups attached to an aromatic ring is 1. The molecule has 0 unspecified atom stereocenters. The largest absolute Gasteiger partial charge is 0.494 e. The molecule has 0 radical (unpaired) electrons. The summed E-state index contributed by atoms with van der Waals surface area (Å²) in [6.45, 7) is 3.18. The van der Waals surface area contributed by atoms with E-state index in [0.717, 1.165) is 36.6 Å². The predicted molar refractivity (Wildman–Crippen MR) is 79.0 cm³/mol. The third-order valence-corrected chi connectivity index (χ3v) is 3.79. The van der Waals surface area contributed by atoms with Gasteiger partial charge in [-0.15, -0.1) is 0 Å². The lowest BCUT2D eigenvalue weighted by Gasteiger charge is -2.14. The maximum absolute atomic E-state index is 6.26. The van der Waals surface area contributed by atoms with Crippen molar-refractivity contribution in [2.75, 3.05) is 25.9 Å². The molecule has 106 valence electrons. The highest BCUT2D eigenvalue weighted by Crippen LogP contribution is 2.26. The summed E-state index contributed by atoms with van der Waals surface area (Å²) in [6, 6.07) is 7.77. The zero-order chi connectivity index (χ0) is 13.9. The zero-order valence-electron chi connectivity index (χ0n) is 11.7. The summed E-state index contributed by atoms with van der Waals surface area (Å²) in [5, 5.41) is 4.42. The number of nitrogens with two attached hydrogens (primary N) is 1. The number of benzene rings is 1. The molecule has 2 N–H and O–H groups in total. The first-order chi connectivity index (χ1) is 9.79. The monoisotopic (exact) mass is 272 g/mol. The van der Waals surface area contributed by atoms with Crippen LogP contribution in [0.3, 0.4) is 0 Å². The smallest absolute Gasteiger partial charge is 0.144 e. The number of rotatable bonds is 4. The number of hydrogen-bond donors (Lipinski definition) is 1. The van der Waals surface area contributed by atoms with Gasteiger partial charge in [0.1, 0.15) is 17.3 Å². The van der Waals surface area contributed by atoms with Crippen LogP contribution in [0.5, 0.6) is 5.75 Å². The van der Waals surface area contributed by atoms with Crippen LogP contribution in [0.25, 0.3) is 5.69 Å². The Hall–Kier alpha value is -2.01. The van der Waals surface area contributed by atoms with E-state index in [-0.39, 0.29) is 0 Å². The fourth-order valence-electron chi connectivity index (χ4n) is 2.69. The van der Waals surface area contributed by atoms with Crippen LogP contribution < -0.4 is 10.5 Å². The fourth-order valence-corrected chi connectivity index (χ4v) is 2.69. The minimum Gasteiger partial charge on any atom is -0.494 e. The van der Waals surface area contributed by atoms with Crippen LogP contribution in [0.2, 0.25) is 0 Å². The average molecular weight is 272 g/mol. The Morgan fingerprint density at radius 1 is 1.25 bits per heavy atom. The number of methoxy groups -OCH3 is 1. The highest BCUT2D eigenvalue weighted by molar-refractivity contribution is 5.53. The summed E-state index contributed by atoms with van der Waals surface area (Å²) in [7, 11) is 1.66. The van der Waals surface area contributed by atoms with Gasteiger partial charge in [-0.25, -0.2) is 4.68 Å². The van der Waals surface area contributed by atoms with Gasteiger partial charge in [-0.1, -0.05) is 12.1 Å². The van der Waals surface area contributed by atoms with Gasteiger partial charge in [0, 0.05) is 12.1 Å². The Labute approximate surface area is 118 Å². The van der Waals surface area contributed by atoms with Gasteiger partial charge in [-0.2, -0.15) is 5.10 Å². The van der Waals surface area contributed by atoms with Crippen molar-refractivity contribution in [1.82, 2.24) is 14.7 Å². The van der Waals surface area contributed by atoms with E-state index in [2.05, 4.69) is 10.00 Å². The molecule has 5 heteroatoms. The Morgan fingerprint density at radius 2 is 2.00 bits per heavy atom. The van der Waals surface area contributed by atoms with Gasteiger partial charge in [0.15, 0.2) is 0 Å². The molecule has 0 spiro atoms. The van der Waals surface area contributed by atoms with E-state index in [1.54, 1.807) is 11.8 Å². The summed E-state index contributed by atoms with van der Waals surface area (Å²) in [6.07, 6.45) is 4.42. The van der Waals surface area contributed by atoms with Crippen LogP contribution in [-0.4, -0.2) is 34.9 Å². The number of nitrogens with zero attached hydrogens (tertiary/aromatic N) is 3. The minimum atomic E-state index is 0.696. The number of ether oxygens (including phenoxy) is 1. The van der Waals surface area contributed by atoms with Crippen molar-refractivity contribution in [3.05, 3.63) is 36.0 Å². The Balaban J connectivity index is 1.89. The summed E-state index contributed by atoms with van der Waals surface area (Å²) < 4.78 is 7.12. The van der Waals surface area contributed by atoms with Gasteiger partial charge >= 0.3 is 0 Å². The van der Waals surface area contributed by atoms with Crippen molar-refractivity contribution in [2.24, 2.45) is 0 Å². The van der Waals surface area contributed by atoms with E-state index in [9.17, 15) is 0 Å². The standard InChI is InChI=1S/C15H20N4O/c1-20-14-7-3-2-6-13(14)19-15(16)12(10-17-19)11-18-8-4-5-9-18/h2-3,6-7,10H,4-5,8-9,11,16H2,1H3. The average Bonchev–Trinajstić information content (AvgIpc) is 3.11. The number of aromatic nitrogens is 2. The van der Waals surface area contributed by atoms with E-state index in [4.69, 9.17) is 10.5 Å². The van der Waals surface area contributed by atoms with Gasteiger partial charge in [-0.05, 0) is 38.1 Å². The molecule has 0 atom stereocenters. The van der Waals surface area contributed by atoms with Crippen molar-refractivity contribution in [2.45, 2.75) is 19.4 Å². The van der Waals surface area contributed by atoms with Crippen LogP contribution in [0.4, 0.5) is 5.82 Å². The van der Waals surface area contributed by atoms with E-state index >= 15 is 0 Å². The number of para-hydroxylation sites is 2. The molecule has 2 heterocycles.